The number of nitrogens with zero attached hydrogens (tertiary/aromatic N) is 1. The van der Waals surface area contributed by atoms with Crippen molar-refractivity contribution in [2.24, 2.45) is 0 Å². The van der Waals surface area contributed by atoms with E-state index in [4.69, 9.17) is 4.74 Å². The number of carbonyl (C=O) groups excluding carboxylic acids is 1. The fourth-order valence-electron chi connectivity index (χ4n) is 2.52. The maximum absolute atomic E-state index is 12.4. The third kappa shape index (κ3) is 4.87. The van der Waals surface area contributed by atoms with E-state index in [-0.39, 0.29) is 11.6 Å². The average molecular weight is 349 g/mol. The number of ether oxygens (including phenoxy) is 1. The number of nitrogens with one attached hydrogen (secondary N) is 2. The number of hydrogen-bond acceptors (Lipinski definition) is 4. The minimum absolute atomic E-state index is 0.0188. The average Bonchev–Trinajstić information content (AvgIpc) is 2.63. The Balaban J connectivity index is 2.06. The molecule has 0 bridgehead atoms. The van der Waals surface area contributed by atoms with Crippen LogP contribution in [0.25, 0.3) is 0 Å². The highest BCUT2D eigenvalue weighted by molar-refractivity contribution is 5.97. The molecular weight excluding hydrogens is 326 g/mol. The van der Waals surface area contributed by atoms with Gasteiger partial charge in [-0.25, -0.2) is 0 Å². The largest absolute Gasteiger partial charge is 0.497 e. The smallest absolute Gasteiger partial charge is 0.263 e. The number of methoxy groups -OCH3 is 1. The summed E-state index contributed by atoms with van der Waals surface area (Å²) in [5.74, 6) is 0.329. The summed E-state index contributed by atoms with van der Waals surface area (Å²) < 4.78 is 5.13. The normalized spacial score (nSPS) is 12.0. The minimum Gasteiger partial charge on any atom is -0.497 e. The van der Waals surface area contributed by atoms with Crippen LogP contribution in [-0.2, 0) is 4.79 Å². The molecule has 2 aromatic carbocycles. The predicted octanol–water partition coefficient (Wildman–Crippen LogP) is 4.01. The number of amides is 1. The van der Waals surface area contributed by atoms with Crippen molar-refractivity contribution < 1.29 is 9.53 Å². The second kappa shape index (κ2) is 8.72. The molecule has 5 nitrogen and oxygen atoms in total. The standard InChI is InChI=1S/C21H23N3O2/c1-14-5-10-20(15(2)11-14)23-13-18(12-22)21(25)24-16(3)17-6-8-19(26-4)9-7-17/h5-11,13,16,23H,1-4H3,(H,24,25)/b18-13-. The van der Waals surface area contributed by atoms with E-state index in [0.717, 1.165) is 28.1 Å². The van der Waals surface area contributed by atoms with Gasteiger partial charge in [-0.15, -0.1) is 0 Å². The van der Waals surface area contributed by atoms with Crippen molar-refractivity contribution in [3.05, 3.63) is 70.9 Å². The Kier molecular flexibility index (Phi) is 6.40. The van der Waals surface area contributed by atoms with Gasteiger partial charge in [-0.2, -0.15) is 5.26 Å². The topological polar surface area (TPSA) is 74.1 Å². The van der Waals surface area contributed by atoms with E-state index in [9.17, 15) is 10.1 Å². The van der Waals surface area contributed by atoms with E-state index in [0.29, 0.717) is 0 Å². The van der Waals surface area contributed by atoms with Crippen LogP contribution in [0.4, 0.5) is 5.69 Å². The van der Waals surface area contributed by atoms with Crippen LogP contribution in [0.5, 0.6) is 5.75 Å². The Morgan fingerprint density at radius 3 is 2.46 bits per heavy atom. The van der Waals surface area contributed by atoms with Gasteiger partial charge >= 0.3 is 0 Å². The Morgan fingerprint density at radius 1 is 1.19 bits per heavy atom. The molecule has 0 saturated carbocycles. The molecule has 0 heterocycles. The van der Waals surface area contributed by atoms with Crippen molar-refractivity contribution in [2.45, 2.75) is 26.8 Å². The lowest BCUT2D eigenvalue weighted by atomic mass is 10.1. The Labute approximate surface area is 154 Å². The Bertz CT molecular complexity index is 849. The van der Waals surface area contributed by atoms with Crippen LogP contribution in [0.1, 0.15) is 29.7 Å². The zero-order chi connectivity index (χ0) is 19.1. The molecule has 2 rings (SSSR count). The van der Waals surface area contributed by atoms with Crippen molar-refractivity contribution in [2.75, 3.05) is 12.4 Å². The van der Waals surface area contributed by atoms with Gasteiger partial charge in [0.2, 0.25) is 0 Å². The lowest BCUT2D eigenvalue weighted by Crippen LogP contribution is -2.28. The first kappa shape index (κ1) is 19.1. The SMILES string of the molecule is COc1ccc(C(C)NC(=O)/C(C#N)=C\Nc2ccc(C)cc2C)cc1. The summed E-state index contributed by atoms with van der Waals surface area (Å²) in [6.45, 7) is 5.86. The highest BCUT2D eigenvalue weighted by atomic mass is 16.5. The fraction of sp³-hybridized carbons (Fsp3) is 0.238. The molecule has 1 unspecified atom stereocenters. The van der Waals surface area contributed by atoms with Gasteiger partial charge in [-0.3, -0.25) is 4.79 Å². The minimum atomic E-state index is -0.423. The fourth-order valence-corrected chi connectivity index (χ4v) is 2.52. The monoisotopic (exact) mass is 349 g/mol. The zero-order valence-corrected chi connectivity index (χ0v) is 15.5. The molecule has 134 valence electrons. The summed E-state index contributed by atoms with van der Waals surface area (Å²) in [6.07, 6.45) is 1.44. The van der Waals surface area contributed by atoms with Gasteiger partial charge in [0.1, 0.15) is 17.4 Å². The van der Waals surface area contributed by atoms with E-state index in [1.165, 1.54) is 6.20 Å². The van der Waals surface area contributed by atoms with Crippen molar-refractivity contribution in [1.29, 1.82) is 5.26 Å². The zero-order valence-electron chi connectivity index (χ0n) is 15.5. The van der Waals surface area contributed by atoms with Gasteiger partial charge < -0.3 is 15.4 Å². The van der Waals surface area contributed by atoms with Crippen LogP contribution in [0, 0.1) is 25.2 Å². The molecule has 0 aliphatic rings. The van der Waals surface area contributed by atoms with Crippen molar-refractivity contribution in [3.63, 3.8) is 0 Å². The van der Waals surface area contributed by atoms with Crippen molar-refractivity contribution >= 4 is 11.6 Å². The first-order valence-corrected chi connectivity index (χ1v) is 8.33. The molecule has 0 aliphatic heterocycles. The van der Waals surface area contributed by atoms with Crippen LogP contribution in [-0.4, -0.2) is 13.0 Å². The van der Waals surface area contributed by atoms with Crippen LogP contribution in [0.2, 0.25) is 0 Å². The van der Waals surface area contributed by atoms with Crippen LogP contribution in [0.3, 0.4) is 0 Å². The molecule has 5 heteroatoms. The first-order chi connectivity index (χ1) is 12.4. The van der Waals surface area contributed by atoms with E-state index in [1.54, 1.807) is 7.11 Å². The van der Waals surface area contributed by atoms with Gasteiger partial charge in [0.05, 0.1) is 13.2 Å². The van der Waals surface area contributed by atoms with Gasteiger partial charge in [0.15, 0.2) is 0 Å². The third-order valence-corrected chi connectivity index (χ3v) is 4.08. The molecule has 0 saturated heterocycles. The molecule has 0 aliphatic carbocycles. The molecule has 0 fully saturated rings. The maximum Gasteiger partial charge on any atom is 0.263 e. The molecule has 1 atom stereocenters. The second-order valence-electron chi connectivity index (χ2n) is 6.10. The third-order valence-electron chi connectivity index (χ3n) is 4.08. The molecule has 0 aromatic heterocycles. The second-order valence-corrected chi connectivity index (χ2v) is 6.10. The predicted molar refractivity (Wildman–Crippen MR) is 103 cm³/mol. The quantitative estimate of drug-likeness (QED) is 0.610. The Hall–Kier alpha value is -3.26. The molecule has 26 heavy (non-hydrogen) atoms. The van der Waals surface area contributed by atoms with E-state index >= 15 is 0 Å². The van der Waals surface area contributed by atoms with E-state index < -0.39 is 5.91 Å². The summed E-state index contributed by atoms with van der Waals surface area (Å²) in [6, 6.07) is 15.1. The van der Waals surface area contributed by atoms with Gasteiger partial charge in [0, 0.05) is 11.9 Å². The summed E-state index contributed by atoms with van der Waals surface area (Å²) in [7, 11) is 1.60. The summed E-state index contributed by atoms with van der Waals surface area (Å²) in [5, 5.41) is 15.2. The first-order valence-electron chi connectivity index (χ1n) is 8.33. The number of anilines is 1. The number of hydrogen-bond donors (Lipinski definition) is 2. The number of rotatable bonds is 6. The van der Waals surface area contributed by atoms with Crippen LogP contribution in [0.15, 0.2) is 54.2 Å². The number of aryl methyl sites for hydroxylation is 2. The van der Waals surface area contributed by atoms with Gasteiger partial charge in [0.25, 0.3) is 5.91 Å². The summed E-state index contributed by atoms with van der Waals surface area (Å²) in [4.78, 5) is 12.4. The van der Waals surface area contributed by atoms with Gasteiger partial charge in [-0.05, 0) is 50.1 Å². The highest BCUT2D eigenvalue weighted by Gasteiger charge is 2.14. The number of carbonyl (C=O) groups is 1. The molecule has 2 N–H and O–H groups in total. The number of benzene rings is 2. The molecule has 2 aromatic rings. The summed E-state index contributed by atoms with van der Waals surface area (Å²) in [5.41, 5.74) is 4.01. The maximum atomic E-state index is 12.4. The van der Waals surface area contributed by atoms with Crippen molar-refractivity contribution in [1.82, 2.24) is 5.32 Å². The van der Waals surface area contributed by atoms with E-state index in [1.807, 2.05) is 69.3 Å². The lowest BCUT2D eigenvalue weighted by molar-refractivity contribution is -0.117. The van der Waals surface area contributed by atoms with E-state index in [2.05, 4.69) is 10.6 Å². The van der Waals surface area contributed by atoms with Crippen LogP contribution >= 0.6 is 0 Å². The summed E-state index contributed by atoms with van der Waals surface area (Å²) >= 11 is 0. The molecule has 1 amide bonds. The lowest BCUT2D eigenvalue weighted by Gasteiger charge is -2.14. The Morgan fingerprint density at radius 2 is 1.88 bits per heavy atom. The molecular formula is C21H23N3O2. The molecule has 0 radical (unpaired) electrons. The molecule has 0 spiro atoms. The highest BCUT2D eigenvalue weighted by Crippen LogP contribution is 2.18. The van der Waals surface area contributed by atoms with Gasteiger partial charge in [-0.1, -0.05) is 29.8 Å². The van der Waals surface area contributed by atoms with Crippen LogP contribution < -0.4 is 15.4 Å². The number of nitriles is 1. The van der Waals surface area contributed by atoms with Crippen molar-refractivity contribution in [3.8, 4) is 11.8 Å².